The minimum absolute atomic E-state index is 0.299. The van der Waals surface area contributed by atoms with Gasteiger partial charge >= 0.3 is 0 Å². The summed E-state index contributed by atoms with van der Waals surface area (Å²) in [5.74, 6) is 1.49. The molecule has 3 aliphatic rings. The number of benzene rings is 1. The maximum Gasteiger partial charge on any atom is 0.226 e. The zero-order valence-electron chi connectivity index (χ0n) is 19.9. The highest BCUT2D eigenvalue weighted by Crippen LogP contribution is 2.60. The number of piperazine rings is 1. The van der Waals surface area contributed by atoms with Crippen molar-refractivity contribution >= 4 is 11.6 Å². The number of likely N-dealkylation sites (tertiary alicyclic amines) is 1. The minimum Gasteiger partial charge on any atom is -0.368 e. The molecule has 2 heterocycles. The summed E-state index contributed by atoms with van der Waals surface area (Å²) < 4.78 is 0. The Morgan fingerprint density at radius 3 is 2.39 bits per heavy atom. The highest BCUT2D eigenvalue weighted by molar-refractivity contribution is 5.83. The van der Waals surface area contributed by atoms with Gasteiger partial charge in [-0.25, -0.2) is 0 Å². The number of anilines is 1. The summed E-state index contributed by atoms with van der Waals surface area (Å²) in [6, 6.07) is 10.6. The Hall–Kier alpha value is -1.81. The van der Waals surface area contributed by atoms with Crippen LogP contribution in [0, 0.1) is 17.3 Å². The molecule has 1 saturated carbocycles. The third-order valence-corrected chi connectivity index (χ3v) is 7.83. The van der Waals surface area contributed by atoms with Gasteiger partial charge in [-0.2, -0.15) is 0 Å². The van der Waals surface area contributed by atoms with E-state index in [1.165, 1.54) is 56.6 Å². The Morgan fingerprint density at radius 2 is 1.74 bits per heavy atom. The predicted octanol–water partition coefficient (Wildman–Crippen LogP) is 4.82. The first-order valence-electron chi connectivity index (χ1n) is 12.4. The van der Waals surface area contributed by atoms with Crippen molar-refractivity contribution in [3.05, 3.63) is 42.0 Å². The normalized spacial score (nSPS) is 24.2. The largest absolute Gasteiger partial charge is 0.368 e. The molecule has 1 spiro atoms. The van der Waals surface area contributed by atoms with Crippen LogP contribution in [0.4, 0.5) is 5.69 Å². The first-order valence-corrected chi connectivity index (χ1v) is 12.4. The van der Waals surface area contributed by atoms with Crippen molar-refractivity contribution in [1.29, 1.82) is 0 Å². The van der Waals surface area contributed by atoms with Crippen LogP contribution in [-0.4, -0.2) is 61.5 Å². The average Bonchev–Trinajstić information content (AvgIpc) is 3.49. The summed E-state index contributed by atoms with van der Waals surface area (Å²) in [4.78, 5) is 20.4. The van der Waals surface area contributed by atoms with Gasteiger partial charge in [0.1, 0.15) is 0 Å². The van der Waals surface area contributed by atoms with E-state index in [1.807, 2.05) is 0 Å². The summed E-state index contributed by atoms with van der Waals surface area (Å²) in [7, 11) is 0. The summed E-state index contributed by atoms with van der Waals surface area (Å²) in [6.45, 7) is 14.0. The predicted molar refractivity (Wildman–Crippen MR) is 129 cm³/mol. The maximum absolute atomic E-state index is 13.2. The second kappa shape index (κ2) is 9.77. The third-order valence-electron chi connectivity index (χ3n) is 7.83. The fourth-order valence-corrected chi connectivity index (χ4v) is 5.66. The Morgan fingerprint density at radius 1 is 1.06 bits per heavy atom. The molecular weight excluding hydrogens is 382 g/mol. The first-order chi connectivity index (χ1) is 15.0. The molecule has 1 aromatic rings. The van der Waals surface area contributed by atoms with Gasteiger partial charge in [-0.05, 0) is 82.5 Å². The van der Waals surface area contributed by atoms with Gasteiger partial charge in [-0.15, -0.1) is 0 Å². The van der Waals surface area contributed by atoms with Crippen LogP contribution in [-0.2, 0) is 4.79 Å². The monoisotopic (exact) mass is 423 g/mol. The SMILES string of the molecule is CC(C)=CCC[C@H](C)CN1CCC2(CC1)C[C@H]2C(=O)N1CCN(c2ccccc2)CC1. The highest BCUT2D eigenvalue weighted by atomic mass is 16.2. The van der Waals surface area contributed by atoms with Gasteiger partial charge in [-0.3, -0.25) is 4.79 Å². The van der Waals surface area contributed by atoms with Gasteiger partial charge < -0.3 is 14.7 Å². The van der Waals surface area contributed by atoms with Crippen molar-refractivity contribution in [2.45, 2.75) is 52.9 Å². The van der Waals surface area contributed by atoms with E-state index >= 15 is 0 Å². The van der Waals surface area contributed by atoms with Crippen LogP contribution in [0.2, 0.25) is 0 Å². The van der Waals surface area contributed by atoms with Gasteiger partial charge in [0.05, 0.1) is 0 Å². The molecule has 4 nitrogen and oxygen atoms in total. The molecule has 0 N–H and O–H groups in total. The number of allylic oxidation sites excluding steroid dienone is 2. The molecule has 4 heteroatoms. The van der Waals surface area contributed by atoms with Crippen molar-refractivity contribution in [2.24, 2.45) is 17.3 Å². The minimum atomic E-state index is 0.299. The van der Waals surface area contributed by atoms with Crippen molar-refractivity contribution in [3.8, 4) is 0 Å². The van der Waals surface area contributed by atoms with Crippen LogP contribution in [0.25, 0.3) is 0 Å². The van der Waals surface area contributed by atoms with Crippen LogP contribution in [0.1, 0.15) is 52.9 Å². The highest BCUT2D eigenvalue weighted by Gasteiger charge is 2.59. The molecule has 2 saturated heterocycles. The number of para-hydroxylation sites is 1. The van der Waals surface area contributed by atoms with E-state index in [0.717, 1.165) is 38.5 Å². The lowest BCUT2D eigenvalue weighted by Gasteiger charge is -2.37. The summed E-state index contributed by atoms with van der Waals surface area (Å²) in [6.07, 6.45) is 8.41. The summed E-state index contributed by atoms with van der Waals surface area (Å²) >= 11 is 0. The molecule has 2 aliphatic heterocycles. The molecule has 31 heavy (non-hydrogen) atoms. The Kier molecular flexibility index (Phi) is 7.05. The molecular formula is C27H41N3O. The molecule has 1 aromatic carbocycles. The van der Waals surface area contributed by atoms with Gasteiger partial charge in [0.2, 0.25) is 5.91 Å². The number of nitrogens with zero attached hydrogens (tertiary/aromatic N) is 3. The number of piperidine rings is 1. The van der Waals surface area contributed by atoms with Crippen molar-refractivity contribution in [3.63, 3.8) is 0 Å². The molecule has 0 bridgehead atoms. The second-order valence-electron chi connectivity index (χ2n) is 10.5. The molecule has 1 amide bonds. The Bertz CT molecular complexity index is 754. The Labute approximate surface area is 189 Å². The average molecular weight is 424 g/mol. The smallest absolute Gasteiger partial charge is 0.226 e. The van der Waals surface area contributed by atoms with E-state index in [9.17, 15) is 4.79 Å². The van der Waals surface area contributed by atoms with Crippen molar-refractivity contribution in [2.75, 3.05) is 50.7 Å². The van der Waals surface area contributed by atoms with Crippen LogP contribution >= 0.6 is 0 Å². The summed E-state index contributed by atoms with van der Waals surface area (Å²) in [5, 5.41) is 0. The lowest BCUT2D eigenvalue weighted by atomic mass is 9.89. The maximum atomic E-state index is 13.2. The standard InChI is InChI=1S/C27H41N3O/c1-22(2)8-7-9-23(3)21-28-14-12-27(13-15-28)20-25(27)26(31)30-18-16-29(17-19-30)24-10-5-4-6-11-24/h4-6,8,10-11,23,25H,7,9,12-21H2,1-3H3/t23-,25-/m0/s1. The molecule has 4 rings (SSSR count). The number of hydrogen-bond donors (Lipinski definition) is 0. The van der Waals surface area contributed by atoms with E-state index in [4.69, 9.17) is 0 Å². The number of carbonyl (C=O) groups is 1. The molecule has 0 radical (unpaired) electrons. The van der Waals surface area contributed by atoms with E-state index in [-0.39, 0.29) is 0 Å². The number of hydrogen-bond acceptors (Lipinski definition) is 3. The topological polar surface area (TPSA) is 26.8 Å². The summed E-state index contributed by atoms with van der Waals surface area (Å²) in [5.41, 5.74) is 3.04. The Balaban J connectivity index is 1.19. The number of carbonyl (C=O) groups excluding carboxylic acids is 1. The molecule has 0 unspecified atom stereocenters. The van der Waals surface area contributed by atoms with Gasteiger partial charge in [-0.1, -0.05) is 36.8 Å². The van der Waals surface area contributed by atoms with E-state index in [1.54, 1.807) is 0 Å². The molecule has 3 fully saturated rings. The van der Waals surface area contributed by atoms with E-state index in [2.05, 4.69) is 71.9 Å². The first kappa shape index (κ1) is 22.4. The quantitative estimate of drug-likeness (QED) is 0.588. The van der Waals surface area contributed by atoms with Gasteiger partial charge in [0, 0.05) is 44.3 Å². The fraction of sp³-hybridized carbons (Fsp3) is 0.667. The van der Waals surface area contributed by atoms with Crippen molar-refractivity contribution < 1.29 is 4.79 Å². The zero-order chi connectivity index (χ0) is 21.8. The van der Waals surface area contributed by atoms with E-state index in [0.29, 0.717) is 17.2 Å². The zero-order valence-corrected chi connectivity index (χ0v) is 19.9. The lowest BCUT2D eigenvalue weighted by molar-refractivity contribution is -0.134. The molecule has 170 valence electrons. The molecule has 1 aliphatic carbocycles. The number of amides is 1. The van der Waals surface area contributed by atoms with Crippen LogP contribution in [0.15, 0.2) is 42.0 Å². The van der Waals surface area contributed by atoms with E-state index < -0.39 is 0 Å². The van der Waals surface area contributed by atoms with Crippen molar-refractivity contribution in [1.82, 2.24) is 9.80 Å². The van der Waals surface area contributed by atoms with Gasteiger partial charge in [0.25, 0.3) is 0 Å². The fourth-order valence-electron chi connectivity index (χ4n) is 5.66. The van der Waals surface area contributed by atoms with Crippen LogP contribution in [0.5, 0.6) is 0 Å². The second-order valence-corrected chi connectivity index (χ2v) is 10.5. The van der Waals surface area contributed by atoms with Crippen LogP contribution in [0.3, 0.4) is 0 Å². The lowest BCUT2D eigenvalue weighted by Crippen LogP contribution is -2.50. The third kappa shape index (κ3) is 5.52. The molecule has 2 atom stereocenters. The molecule has 0 aromatic heterocycles. The van der Waals surface area contributed by atoms with Gasteiger partial charge in [0.15, 0.2) is 0 Å². The van der Waals surface area contributed by atoms with Crippen LogP contribution < -0.4 is 4.90 Å². The number of rotatable bonds is 7.